The molecule has 96 valence electrons. The monoisotopic (exact) mass is 265 g/mol. The molecule has 1 aliphatic rings. The van der Waals surface area contributed by atoms with Gasteiger partial charge in [0.05, 0.1) is 0 Å². The van der Waals surface area contributed by atoms with E-state index in [1.54, 1.807) is 0 Å². The van der Waals surface area contributed by atoms with Crippen molar-refractivity contribution < 1.29 is 0 Å². The summed E-state index contributed by atoms with van der Waals surface area (Å²) in [6, 6.07) is 2.27. The van der Waals surface area contributed by atoms with Gasteiger partial charge in [-0.2, -0.15) is 16.9 Å². The second kappa shape index (κ2) is 4.64. The van der Waals surface area contributed by atoms with Crippen LogP contribution >= 0.6 is 11.8 Å². The van der Waals surface area contributed by atoms with E-state index < -0.39 is 0 Å². The Hall–Kier alpha value is -1.50. The van der Waals surface area contributed by atoms with Gasteiger partial charge in [0.25, 0.3) is 0 Å². The summed E-state index contributed by atoms with van der Waals surface area (Å²) >= 11 is 1.97. The first-order chi connectivity index (χ1) is 8.74. The Morgan fingerprint density at radius 1 is 1.61 bits per heavy atom. The third-order valence-corrected chi connectivity index (χ3v) is 4.30. The van der Waals surface area contributed by atoms with Crippen LogP contribution in [0.15, 0.2) is 10.9 Å². The molecular formula is C11H15N5OS. The van der Waals surface area contributed by atoms with E-state index in [9.17, 15) is 4.79 Å². The van der Waals surface area contributed by atoms with Crippen LogP contribution in [0.25, 0.3) is 5.65 Å². The molecule has 7 heteroatoms. The molecule has 2 aromatic heterocycles. The number of aryl methyl sites for hydroxylation is 1. The molecule has 0 saturated carbocycles. The Labute approximate surface area is 108 Å². The van der Waals surface area contributed by atoms with E-state index >= 15 is 0 Å². The summed E-state index contributed by atoms with van der Waals surface area (Å²) in [4.78, 5) is 15.9. The van der Waals surface area contributed by atoms with Crippen LogP contribution in [-0.4, -0.2) is 37.1 Å². The summed E-state index contributed by atoms with van der Waals surface area (Å²) in [7, 11) is 0. The third kappa shape index (κ3) is 2.10. The number of aromatic amines is 1. The summed E-state index contributed by atoms with van der Waals surface area (Å²) in [6.45, 7) is 1.81. The van der Waals surface area contributed by atoms with Crippen molar-refractivity contribution >= 4 is 23.2 Å². The zero-order chi connectivity index (χ0) is 12.5. The van der Waals surface area contributed by atoms with Gasteiger partial charge in [-0.25, -0.2) is 19.3 Å². The number of rotatable bonds is 2. The fourth-order valence-electron chi connectivity index (χ4n) is 2.24. The third-order valence-electron chi connectivity index (χ3n) is 3.08. The van der Waals surface area contributed by atoms with Gasteiger partial charge in [0.2, 0.25) is 0 Å². The molecule has 3 heterocycles. The van der Waals surface area contributed by atoms with Gasteiger partial charge >= 0.3 is 5.69 Å². The van der Waals surface area contributed by atoms with Crippen molar-refractivity contribution in [1.29, 1.82) is 0 Å². The lowest BCUT2D eigenvalue weighted by atomic mass is 10.2. The van der Waals surface area contributed by atoms with Gasteiger partial charge in [-0.1, -0.05) is 0 Å². The molecule has 0 aromatic carbocycles. The maximum atomic E-state index is 11.5. The highest BCUT2D eigenvalue weighted by Crippen LogP contribution is 2.20. The Balaban J connectivity index is 1.90. The fourth-order valence-corrected chi connectivity index (χ4v) is 3.31. The fraction of sp³-hybridized carbons (Fsp3) is 0.545. The van der Waals surface area contributed by atoms with Gasteiger partial charge in [-0.15, -0.1) is 0 Å². The number of hydrogen-bond acceptors (Lipinski definition) is 5. The van der Waals surface area contributed by atoms with Gasteiger partial charge in [0, 0.05) is 17.9 Å². The lowest BCUT2D eigenvalue weighted by Crippen LogP contribution is -2.26. The molecule has 0 radical (unpaired) electrons. The Bertz CT molecular complexity index is 613. The van der Waals surface area contributed by atoms with Gasteiger partial charge < -0.3 is 5.32 Å². The van der Waals surface area contributed by atoms with E-state index in [1.807, 2.05) is 24.8 Å². The quantitative estimate of drug-likeness (QED) is 0.848. The second-order valence-electron chi connectivity index (χ2n) is 4.47. The van der Waals surface area contributed by atoms with Crippen LogP contribution in [0.2, 0.25) is 0 Å². The van der Waals surface area contributed by atoms with Crippen LogP contribution in [0.1, 0.15) is 18.7 Å². The molecule has 0 bridgehead atoms. The van der Waals surface area contributed by atoms with Crippen LogP contribution in [0.5, 0.6) is 0 Å². The van der Waals surface area contributed by atoms with Gasteiger partial charge in [0.1, 0.15) is 11.6 Å². The molecule has 18 heavy (non-hydrogen) atoms. The molecular weight excluding hydrogens is 250 g/mol. The molecule has 1 fully saturated rings. The zero-order valence-electron chi connectivity index (χ0n) is 10.1. The number of fused-ring (bicyclic) bond motifs is 1. The lowest BCUT2D eigenvalue weighted by Gasteiger charge is -2.23. The SMILES string of the molecule is Cc1nc(NC2CCCSC2)cc2n[nH]c(=O)n12. The van der Waals surface area contributed by atoms with E-state index in [0.717, 1.165) is 11.6 Å². The van der Waals surface area contributed by atoms with E-state index in [2.05, 4.69) is 20.5 Å². The maximum Gasteiger partial charge on any atom is 0.349 e. The van der Waals surface area contributed by atoms with Crippen molar-refractivity contribution in [2.45, 2.75) is 25.8 Å². The van der Waals surface area contributed by atoms with Crippen molar-refractivity contribution in [2.24, 2.45) is 0 Å². The first kappa shape index (κ1) is 11.6. The Morgan fingerprint density at radius 2 is 2.50 bits per heavy atom. The number of hydrogen-bond donors (Lipinski definition) is 2. The summed E-state index contributed by atoms with van der Waals surface area (Å²) in [5, 5.41) is 9.83. The highest BCUT2D eigenvalue weighted by atomic mass is 32.2. The molecule has 1 unspecified atom stereocenters. The standard InChI is InChI=1S/C11H15N5OS/c1-7-12-9(13-8-3-2-4-18-6-8)5-10-14-15-11(17)16(7)10/h5,8,13H,2-4,6H2,1H3,(H,15,17). The van der Waals surface area contributed by atoms with E-state index in [1.165, 1.54) is 23.0 Å². The largest absolute Gasteiger partial charge is 0.366 e. The van der Waals surface area contributed by atoms with Gasteiger partial charge in [-0.05, 0) is 25.5 Å². The molecule has 6 nitrogen and oxygen atoms in total. The summed E-state index contributed by atoms with van der Waals surface area (Å²) in [6.07, 6.45) is 2.41. The number of nitrogens with one attached hydrogen (secondary N) is 2. The summed E-state index contributed by atoms with van der Waals surface area (Å²) in [5.41, 5.74) is 0.369. The zero-order valence-corrected chi connectivity index (χ0v) is 11.0. The first-order valence-electron chi connectivity index (χ1n) is 6.03. The molecule has 2 N–H and O–H groups in total. The van der Waals surface area contributed by atoms with Gasteiger partial charge in [0.15, 0.2) is 5.65 Å². The van der Waals surface area contributed by atoms with Crippen LogP contribution in [0.3, 0.4) is 0 Å². The van der Waals surface area contributed by atoms with Crippen LogP contribution in [0.4, 0.5) is 5.82 Å². The highest BCUT2D eigenvalue weighted by molar-refractivity contribution is 7.99. The first-order valence-corrected chi connectivity index (χ1v) is 7.18. The van der Waals surface area contributed by atoms with Crippen molar-refractivity contribution in [2.75, 3.05) is 16.8 Å². The number of thioether (sulfide) groups is 1. The van der Waals surface area contributed by atoms with Crippen molar-refractivity contribution in [3.63, 3.8) is 0 Å². The number of aromatic nitrogens is 4. The van der Waals surface area contributed by atoms with E-state index in [-0.39, 0.29) is 5.69 Å². The predicted molar refractivity (Wildman–Crippen MR) is 72.3 cm³/mol. The van der Waals surface area contributed by atoms with Crippen molar-refractivity contribution in [3.8, 4) is 0 Å². The summed E-state index contributed by atoms with van der Waals surface area (Å²) in [5.74, 6) is 3.81. The Morgan fingerprint density at radius 3 is 3.28 bits per heavy atom. The molecule has 1 atom stereocenters. The Kier molecular flexibility index (Phi) is 2.99. The molecule has 0 spiro atoms. The molecule has 1 aliphatic heterocycles. The topological polar surface area (TPSA) is 75.1 Å². The minimum absolute atomic E-state index is 0.241. The predicted octanol–water partition coefficient (Wildman–Crippen LogP) is 1.03. The molecule has 3 rings (SSSR count). The lowest BCUT2D eigenvalue weighted by molar-refractivity contribution is 0.681. The summed E-state index contributed by atoms with van der Waals surface area (Å²) < 4.78 is 1.47. The van der Waals surface area contributed by atoms with E-state index in [0.29, 0.717) is 17.5 Å². The smallest absolute Gasteiger partial charge is 0.349 e. The molecule has 1 saturated heterocycles. The van der Waals surface area contributed by atoms with Crippen LogP contribution in [0, 0.1) is 6.92 Å². The molecule has 2 aromatic rings. The minimum atomic E-state index is -0.241. The van der Waals surface area contributed by atoms with E-state index in [4.69, 9.17) is 0 Å². The second-order valence-corrected chi connectivity index (χ2v) is 5.62. The molecule has 0 aliphatic carbocycles. The van der Waals surface area contributed by atoms with Crippen molar-refractivity contribution in [1.82, 2.24) is 19.6 Å². The van der Waals surface area contributed by atoms with Crippen LogP contribution < -0.4 is 11.0 Å². The normalized spacial score (nSPS) is 20.2. The minimum Gasteiger partial charge on any atom is -0.366 e. The highest BCUT2D eigenvalue weighted by Gasteiger charge is 2.15. The number of anilines is 1. The maximum absolute atomic E-state index is 11.5. The molecule has 0 amide bonds. The number of H-pyrrole nitrogens is 1. The van der Waals surface area contributed by atoms with Crippen LogP contribution in [-0.2, 0) is 0 Å². The van der Waals surface area contributed by atoms with Gasteiger partial charge in [-0.3, -0.25) is 0 Å². The average molecular weight is 265 g/mol. The average Bonchev–Trinajstić information content (AvgIpc) is 2.72. The number of nitrogens with zero attached hydrogens (tertiary/aromatic N) is 3. The van der Waals surface area contributed by atoms with Crippen molar-refractivity contribution in [3.05, 3.63) is 22.4 Å².